The Balaban J connectivity index is 1.71. The minimum Gasteiger partial charge on any atom is -0.364 e. The van der Waals surface area contributed by atoms with Gasteiger partial charge < -0.3 is 4.90 Å². The number of fused-ring (bicyclic) bond motifs is 2. The molecule has 0 aromatic heterocycles. The van der Waals surface area contributed by atoms with Crippen LogP contribution in [0.15, 0.2) is 48.5 Å². The highest BCUT2D eigenvalue weighted by Crippen LogP contribution is 2.56. The number of hydrogen-bond acceptors (Lipinski definition) is 3. The highest BCUT2D eigenvalue weighted by molar-refractivity contribution is 6.30. The molecule has 0 bridgehead atoms. The normalized spacial score (nSPS) is 32.2. The van der Waals surface area contributed by atoms with E-state index in [9.17, 15) is 14.0 Å². The lowest BCUT2D eigenvalue weighted by Gasteiger charge is -2.60. The van der Waals surface area contributed by atoms with Gasteiger partial charge in [0.15, 0.2) is 0 Å². The molecule has 0 N–H and O–H groups in total. The third-order valence-electron chi connectivity index (χ3n) is 8.27. The lowest BCUT2D eigenvalue weighted by molar-refractivity contribution is -0.138. The van der Waals surface area contributed by atoms with Gasteiger partial charge in [-0.15, -0.1) is 0 Å². The van der Waals surface area contributed by atoms with Crippen LogP contribution in [0, 0.1) is 28.5 Å². The van der Waals surface area contributed by atoms with Crippen LogP contribution in [0.1, 0.15) is 64.9 Å². The summed E-state index contributed by atoms with van der Waals surface area (Å²) in [4.78, 5) is 30.0. The Morgan fingerprint density at radius 1 is 0.765 bits per heavy atom. The third-order valence-corrected chi connectivity index (χ3v) is 8.52. The van der Waals surface area contributed by atoms with Crippen molar-refractivity contribution in [3.8, 4) is 0 Å². The lowest BCUT2D eigenvalue weighted by Crippen LogP contribution is -2.66. The van der Waals surface area contributed by atoms with Crippen molar-refractivity contribution < 1.29 is 14.0 Å². The molecule has 34 heavy (non-hydrogen) atoms. The predicted molar refractivity (Wildman–Crippen MR) is 134 cm³/mol. The molecule has 1 saturated heterocycles. The highest BCUT2D eigenvalue weighted by Gasteiger charge is 2.59. The van der Waals surface area contributed by atoms with Crippen molar-refractivity contribution in [2.45, 2.75) is 71.4 Å². The van der Waals surface area contributed by atoms with E-state index in [-0.39, 0.29) is 58.1 Å². The van der Waals surface area contributed by atoms with Gasteiger partial charge in [-0.1, -0.05) is 51.4 Å². The molecule has 4 atom stereocenters. The summed E-state index contributed by atoms with van der Waals surface area (Å²) < 4.78 is 13.9. The van der Waals surface area contributed by atoms with Crippen LogP contribution in [-0.2, 0) is 9.59 Å². The molecule has 1 aliphatic heterocycles. The van der Waals surface area contributed by atoms with Gasteiger partial charge in [-0.3, -0.25) is 9.59 Å². The topological polar surface area (TPSA) is 37.4 Å². The zero-order chi connectivity index (χ0) is 24.4. The van der Waals surface area contributed by atoms with Crippen LogP contribution in [-0.4, -0.2) is 23.7 Å². The number of nitrogens with zero attached hydrogens (tertiary/aromatic N) is 1. The molecular formula is C29H33ClFNO2. The van der Waals surface area contributed by atoms with Crippen LogP contribution >= 0.6 is 11.6 Å². The minimum atomic E-state index is -0.286. The number of carbonyl (C=O) groups is 2. The molecule has 5 heteroatoms. The minimum absolute atomic E-state index is 0.0506. The average Bonchev–Trinajstić information content (AvgIpc) is 2.72. The Labute approximate surface area is 206 Å². The van der Waals surface area contributed by atoms with E-state index in [1.807, 2.05) is 36.4 Å². The maximum absolute atomic E-state index is 13.9. The standard InChI is InChI=1S/C29H33ClFNO2/c1-28(2)13-21-26(23(33)15-28)25(17-5-7-18(30)8-6-17)27-22(14-29(3,4)16-24(27)34)32(21)20-11-9-19(31)10-12-20/h5-12,21-22,25-27H,13-16H2,1-4H3. The second-order valence-corrected chi connectivity index (χ2v) is 12.6. The quantitative estimate of drug-likeness (QED) is 0.471. The number of hydrogen-bond donors (Lipinski definition) is 0. The van der Waals surface area contributed by atoms with Crippen LogP contribution in [0.3, 0.4) is 0 Å². The van der Waals surface area contributed by atoms with Crippen molar-refractivity contribution in [2.24, 2.45) is 22.7 Å². The van der Waals surface area contributed by atoms with Crippen molar-refractivity contribution >= 4 is 28.9 Å². The molecule has 4 unspecified atom stereocenters. The Morgan fingerprint density at radius 2 is 1.24 bits per heavy atom. The summed E-state index contributed by atoms with van der Waals surface area (Å²) in [7, 11) is 0. The van der Waals surface area contributed by atoms with Gasteiger partial charge in [0.05, 0.1) is 0 Å². The van der Waals surface area contributed by atoms with Crippen molar-refractivity contribution in [3.63, 3.8) is 0 Å². The molecule has 2 aromatic rings. The Hall–Kier alpha value is -2.20. The zero-order valence-electron chi connectivity index (χ0n) is 20.4. The molecule has 0 amide bonds. The first-order valence-electron chi connectivity index (χ1n) is 12.3. The van der Waals surface area contributed by atoms with Crippen LogP contribution in [0.5, 0.6) is 0 Å². The van der Waals surface area contributed by atoms with Gasteiger partial charge in [-0.05, 0) is 65.6 Å². The molecule has 5 rings (SSSR count). The molecule has 180 valence electrons. The monoisotopic (exact) mass is 481 g/mol. The second kappa shape index (κ2) is 8.19. The van der Waals surface area contributed by atoms with Crippen LogP contribution < -0.4 is 4.90 Å². The zero-order valence-corrected chi connectivity index (χ0v) is 21.1. The van der Waals surface area contributed by atoms with Crippen LogP contribution in [0.25, 0.3) is 0 Å². The van der Waals surface area contributed by atoms with Gasteiger partial charge in [0.2, 0.25) is 0 Å². The summed E-state index contributed by atoms with van der Waals surface area (Å²) in [6.07, 6.45) is 2.71. The number of halogens is 2. The highest BCUT2D eigenvalue weighted by atomic mass is 35.5. The maximum Gasteiger partial charge on any atom is 0.139 e. The van der Waals surface area contributed by atoms with E-state index >= 15 is 0 Å². The van der Waals surface area contributed by atoms with Gasteiger partial charge in [-0.2, -0.15) is 0 Å². The second-order valence-electron chi connectivity index (χ2n) is 12.2. The van der Waals surface area contributed by atoms with E-state index in [4.69, 9.17) is 11.6 Å². The number of Topliss-reactive ketones (excluding diaryl/α,β-unsaturated/α-hetero) is 2. The van der Waals surface area contributed by atoms with Crippen LogP contribution in [0.2, 0.25) is 5.02 Å². The molecule has 3 aliphatic rings. The molecule has 2 saturated carbocycles. The van der Waals surface area contributed by atoms with E-state index in [2.05, 4.69) is 32.6 Å². The summed E-state index contributed by atoms with van der Waals surface area (Å²) in [5.74, 6) is -0.575. The number of rotatable bonds is 2. The van der Waals surface area contributed by atoms with Crippen molar-refractivity contribution in [1.82, 2.24) is 0 Å². The Morgan fingerprint density at radius 3 is 1.71 bits per heavy atom. The van der Waals surface area contributed by atoms with E-state index in [1.54, 1.807) is 0 Å². The fourth-order valence-electron chi connectivity index (χ4n) is 7.13. The van der Waals surface area contributed by atoms with Gasteiger partial charge in [0, 0.05) is 53.4 Å². The molecule has 1 heterocycles. The first kappa shape index (κ1) is 23.5. The van der Waals surface area contributed by atoms with Gasteiger partial charge in [0.1, 0.15) is 17.4 Å². The summed E-state index contributed by atoms with van der Waals surface area (Å²) in [6, 6.07) is 14.2. The number of carbonyl (C=O) groups excluding carboxylic acids is 2. The Kier molecular flexibility index (Phi) is 5.67. The van der Waals surface area contributed by atoms with Crippen molar-refractivity contribution in [2.75, 3.05) is 4.90 Å². The third kappa shape index (κ3) is 4.08. The number of ketones is 2. The van der Waals surface area contributed by atoms with E-state index in [0.29, 0.717) is 17.9 Å². The lowest BCUT2D eigenvalue weighted by atomic mass is 9.53. The number of benzene rings is 2. The van der Waals surface area contributed by atoms with Gasteiger partial charge in [-0.25, -0.2) is 4.39 Å². The molecule has 2 aliphatic carbocycles. The summed E-state index contributed by atoms with van der Waals surface area (Å²) in [5, 5.41) is 0.646. The molecule has 0 spiro atoms. The number of piperidine rings is 1. The van der Waals surface area contributed by atoms with E-state index in [0.717, 1.165) is 24.1 Å². The SMILES string of the molecule is CC1(C)CC(=O)C2C(c3ccc(Cl)cc3)C3C(=O)CC(C)(C)CC3N(c3ccc(F)cc3)C2C1. The van der Waals surface area contributed by atoms with E-state index < -0.39 is 0 Å². The number of anilines is 1. The Bertz CT molecular complexity index is 1060. The summed E-state index contributed by atoms with van der Waals surface area (Å²) >= 11 is 6.20. The smallest absolute Gasteiger partial charge is 0.139 e. The summed E-state index contributed by atoms with van der Waals surface area (Å²) in [5.41, 5.74) is 1.65. The molecule has 2 aromatic carbocycles. The molecule has 3 fully saturated rings. The summed E-state index contributed by atoms with van der Waals surface area (Å²) in [6.45, 7) is 8.62. The maximum atomic E-state index is 13.9. The molecular weight excluding hydrogens is 449 g/mol. The first-order chi connectivity index (χ1) is 16.0. The first-order valence-corrected chi connectivity index (χ1v) is 12.7. The van der Waals surface area contributed by atoms with Crippen molar-refractivity contribution in [1.29, 1.82) is 0 Å². The molecule has 0 radical (unpaired) electrons. The fraction of sp³-hybridized carbons (Fsp3) is 0.517. The van der Waals surface area contributed by atoms with Gasteiger partial charge >= 0.3 is 0 Å². The van der Waals surface area contributed by atoms with Gasteiger partial charge in [0.25, 0.3) is 0 Å². The molecule has 3 nitrogen and oxygen atoms in total. The predicted octanol–water partition coefficient (Wildman–Crippen LogP) is 6.83. The average molecular weight is 482 g/mol. The largest absolute Gasteiger partial charge is 0.364 e. The fourth-order valence-corrected chi connectivity index (χ4v) is 7.25. The van der Waals surface area contributed by atoms with Crippen LogP contribution in [0.4, 0.5) is 10.1 Å². The van der Waals surface area contributed by atoms with E-state index in [1.165, 1.54) is 12.1 Å². The van der Waals surface area contributed by atoms with Crippen molar-refractivity contribution in [3.05, 3.63) is 64.9 Å².